The Balaban J connectivity index is 2.01. The third-order valence-corrected chi connectivity index (χ3v) is 5.37. The van der Waals surface area contributed by atoms with Crippen molar-refractivity contribution in [1.82, 2.24) is 4.72 Å². The third-order valence-electron chi connectivity index (χ3n) is 3.70. The van der Waals surface area contributed by atoms with Crippen LogP contribution in [-0.2, 0) is 10.0 Å². The highest BCUT2D eigenvalue weighted by atomic mass is 32.2. The summed E-state index contributed by atoms with van der Waals surface area (Å²) in [4.78, 5) is 0. The summed E-state index contributed by atoms with van der Waals surface area (Å²) < 4.78 is 26.0. The van der Waals surface area contributed by atoms with Crippen LogP contribution in [0.2, 0.25) is 0 Å². The minimum Gasteiger partial charge on any atom is -0.211 e. The molecule has 0 aliphatic heterocycles. The maximum Gasteiger partial charge on any atom is 0.227 e. The van der Waals surface area contributed by atoms with Crippen LogP contribution in [0.5, 0.6) is 0 Å². The SMILES string of the molecule is CC(C#N)S(=O)(=O)NC1CC2CCC1C2. The van der Waals surface area contributed by atoms with Crippen molar-refractivity contribution in [2.24, 2.45) is 11.8 Å². The Kier molecular flexibility index (Phi) is 2.73. The van der Waals surface area contributed by atoms with Gasteiger partial charge in [-0.1, -0.05) is 6.42 Å². The molecule has 4 nitrogen and oxygen atoms in total. The maximum absolute atomic E-state index is 11.7. The molecule has 2 rings (SSSR count). The van der Waals surface area contributed by atoms with Crippen molar-refractivity contribution in [2.45, 2.75) is 43.9 Å². The average Bonchev–Trinajstić information content (AvgIpc) is 2.77. The molecule has 0 aromatic rings. The molecule has 0 heterocycles. The van der Waals surface area contributed by atoms with Crippen molar-refractivity contribution in [2.75, 3.05) is 0 Å². The molecule has 2 bridgehead atoms. The zero-order chi connectivity index (χ0) is 11.1. The van der Waals surface area contributed by atoms with Gasteiger partial charge in [0.1, 0.15) is 0 Å². The fourth-order valence-electron chi connectivity index (χ4n) is 2.77. The van der Waals surface area contributed by atoms with E-state index in [0.717, 1.165) is 19.3 Å². The molecule has 15 heavy (non-hydrogen) atoms. The lowest BCUT2D eigenvalue weighted by Crippen LogP contribution is -2.42. The first-order valence-corrected chi connectivity index (χ1v) is 6.98. The molecular formula is C10H16N2O2S. The van der Waals surface area contributed by atoms with E-state index in [2.05, 4.69) is 4.72 Å². The summed E-state index contributed by atoms with van der Waals surface area (Å²) in [5.74, 6) is 1.22. The Hall–Kier alpha value is -0.600. The summed E-state index contributed by atoms with van der Waals surface area (Å²) in [5, 5.41) is 7.66. The van der Waals surface area contributed by atoms with E-state index < -0.39 is 15.3 Å². The van der Waals surface area contributed by atoms with Gasteiger partial charge in [0.2, 0.25) is 10.0 Å². The van der Waals surface area contributed by atoms with Gasteiger partial charge in [-0.05, 0) is 38.0 Å². The van der Waals surface area contributed by atoms with E-state index in [4.69, 9.17) is 5.26 Å². The second-order valence-electron chi connectivity index (χ2n) is 4.72. The summed E-state index contributed by atoms with van der Waals surface area (Å²) >= 11 is 0. The fraction of sp³-hybridized carbons (Fsp3) is 0.900. The van der Waals surface area contributed by atoms with Crippen LogP contribution in [0.4, 0.5) is 0 Å². The van der Waals surface area contributed by atoms with Crippen LogP contribution in [0.25, 0.3) is 0 Å². The van der Waals surface area contributed by atoms with Gasteiger partial charge in [-0.2, -0.15) is 5.26 Å². The van der Waals surface area contributed by atoms with Crippen molar-refractivity contribution in [1.29, 1.82) is 5.26 Å². The summed E-state index contributed by atoms with van der Waals surface area (Å²) in [5.41, 5.74) is 0. The van der Waals surface area contributed by atoms with Crippen molar-refractivity contribution >= 4 is 10.0 Å². The summed E-state index contributed by atoms with van der Waals surface area (Å²) in [6.45, 7) is 1.43. The van der Waals surface area contributed by atoms with Gasteiger partial charge in [-0.3, -0.25) is 0 Å². The molecule has 0 aromatic carbocycles. The van der Waals surface area contributed by atoms with E-state index in [1.165, 1.54) is 13.3 Å². The van der Waals surface area contributed by atoms with Gasteiger partial charge >= 0.3 is 0 Å². The zero-order valence-electron chi connectivity index (χ0n) is 8.81. The van der Waals surface area contributed by atoms with E-state index in [-0.39, 0.29) is 6.04 Å². The molecule has 84 valence electrons. The first kappa shape index (κ1) is 10.9. The molecule has 0 saturated heterocycles. The van der Waals surface area contributed by atoms with Gasteiger partial charge in [0, 0.05) is 6.04 Å². The zero-order valence-corrected chi connectivity index (χ0v) is 9.63. The van der Waals surface area contributed by atoms with E-state index in [1.807, 2.05) is 0 Å². The topological polar surface area (TPSA) is 70.0 Å². The van der Waals surface area contributed by atoms with Gasteiger partial charge in [0.05, 0.1) is 6.07 Å². The molecule has 2 aliphatic rings. The number of sulfonamides is 1. The first-order valence-electron chi connectivity index (χ1n) is 5.43. The van der Waals surface area contributed by atoms with Gasteiger partial charge in [-0.25, -0.2) is 13.1 Å². The minimum atomic E-state index is -3.43. The average molecular weight is 228 g/mol. The Morgan fingerprint density at radius 3 is 2.60 bits per heavy atom. The van der Waals surface area contributed by atoms with Crippen molar-refractivity contribution < 1.29 is 8.42 Å². The molecule has 0 radical (unpaired) electrons. The molecule has 2 fully saturated rings. The number of nitrogens with zero attached hydrogens (tertiary/aromatic N) is 1. The lowest BCUT2D eigenvalue weighted by Gasteiger charge is -2.23. The fourth-order valence-corrected chi connectivity index (χ4v) is 3.83. The van der Waals surface area contributed by atoms with E-state index in [9.17, 15) is 8.42 Å². The lowest BCUT2D eigenvalue weighted by molar-refractivity contribution is 0.389. The van der Waals surface area contributed by atoms with Gasteiger partial charge < -0.3 is 0 Å². The van der Waals surface area contributed by atoms with Crippen LogP contribution in [-0.4, -0.2) is 19.7 Å². The number of hydrogen-bond acceptors (Lipinski definition) is 3. The van der Waals surface area contributed by atoms with E-state index >= 15 is 0 Å². The van der Waals surface area contributed by atoms with Crippen LogP contribution in [0.1, 0.15) is 32.6 Å². The Bertz CT molecular complexity index is 385. The predicted octanol–water partition coefficient (Wildman–Crippen LogP) is 1.01. The monoisotopic (exact) mass is 228 g/mol. The van der Waals surface area contributed by atoms with Crippen LogP contribution in [0, 0.1) is 23.2 Å². The largest absolute Gasteiger partial charge is 0.227 e. The van der Waals surface area contributed by atoms with Crippen LogP contribution in [0.3, 0.4) is 0 Å². The van der Waals surface area contributed by atoms with E-state index in [0.29, 0.717) is 11.8 Å². The molecular weight excluding hydrogens is 212 g/mol. The summed E-state index contributed by atoms with van der Waals surface area (Å²) in [7, 11) is -3.43. The highest BCUT2D eigenvalue weighted by molar-refractivity contribution is 7.90. The lowest BCUT2D eigenvalue weighted by atomic mass is 9.96. The van der Waals surface area contributed by atoms with Crippen molar-refractivity contribution in [3.63, 3.8) is 0 Å². The summed E-state index contributed by atoms with van der Waals surface area (Å²) in [6.07, 6.45) is 4.51. The second-order valence-corrected chi connectivity index (χ2v) is 6.75. The van der Waals surface area contributed by atoms with Crippen LogP contribution >= 0.6 is 0 Å². The smallest absolute Gasteiger partial charge is 0.211 e. The van der Waals surface area contributed by atoms with E-state index in [1.54, 1.807) is 6.07 Å². The molecule has 4 atom stereocenters. The highest BCUT2D eigenvalue weighted by Gasteiger charge is 2.41. The number of nitriles is 1. The summed E-state index contributed by atoms with van der Waals surface area (Å²) in [6, 6.07) is 1.86. The number of nitrogens with one attached hydrogen (secondary N) is 1. The van der Waals surface area contributed by atoms with Gasteiger partial charge in [0.15, 0.2) is 5.25 Å². The molecule has 0 amide bonds. The van der Waals surface area contributed by atoms with Crippen LogP contribution in [0.15, 0.2) is 0 Å². The maximum atomic E-state index is 11.7. The molecule has 4 unspecified atom stereocenters. The van der Waals surface area contributed by atoms with Crippen LogP contribution < -0.4 is 4.72 Å². The molecule has 2 saturated carbocycles. The molecule has 5 heteroatoms. The Morgan fingerprint density at radius 1 is 1.40 bits per heavy atom. The first-order chi connectivity index (χ1) is 7.03. The minimum absolute atomic E-state index is 0.0875. The number of rotatable bonds is 3. The number of hydrogen-bond donors (Lipinski definition) is 1. The normalized spacial score (nSPS) is 36.4. The number of fused-ring (bicyclic) bond motifs is 2. The molecule has 2 aliphatic carbocycles. The van der Waals surface area contributed by atoms with Crippen molar-refractivity contribution in [3.05, 3.63) is 0 Å². The quantitative estimate of drug-likeness (QED) is 0.783. The predicted molar refractivity (Wildman–Crippen MR) is 56.4 cm³/mol. The molecule has 0 spiro atoms. The van der Waals surface area contributed by atoms with Crippen molar-refractivity contribution in [3.8, 4) is 6.07 Å². The molecule has 0 aromatic heterocycles. The highest BCUT2D eigenvalue weighted by Crippen LogP contribution is 2.44. The Morgan fingerprint density at radius 2 is 2.13 bits per heavy atom. The standard InChI is InChI=1S/C10H16N2O2S/c1-7(6-11)15(13,14)12-10-5-8-2-3-9(10)4-8/h7-10,12H,2-5H2,1H3. The Labute approximate surface area is 90.7 Å². The van der Waals surface area contributed by atoms with Gasteiger partial charge in [0.25, 0.3) is 0 Å². The molecule has 1 N–H and O–H groups in total. The second kappa shape index (κ2) is 3.76. The third kappa shape index (κ3) is 2.01. The van der Waals surface area contributed by atoms with Gasteiger partial charge in [-0.15, -0.1) is 0 Å².